The van der Waals surface area contributed by atoms with Gasteiger partial charge in [0.1, 0.15) is 0 Å². The monoisotopic (exact) mass is 644 g/mol. The molecule has 0 bridgehead atoms. The number of benzene rings is 2. The second-order valence-electron chi connectivity index (χ2n) is 14.9. The zero-order valence-electron chi connectivity index (χ0n) is 29.4. The molecule has 4 heteroatoms. The summed E-state index contributed by atoms with van der Waals surface area (Å²) in [6.45, 7) is 4.57. The van der Waals surface area contributed by atoms with E-state index in [0.717, 1.165) is 23.2 Å². The standard InChI is InChI=1S/C44H56N2O2/c1-3-5-7-9-31-11-15-33(16-12-31)35-19-23-37(24-20-35)45-39-27-29-42(48)44-40(28-30-41(47)43(39)44)46-38-25-21-36(22-26-38)34-17-13-32(14-18-34)10-8-6-4-2/h19-34,45-46H,3-18H2,1-2H3/t31-,32-,33-,34-. The third-order valence-electron chi connectivity index (χ3n) is 11.5. The Morgan fingerprint density at radius 2 is 0.875 bits per heavy atom. The van der Waals surface area contributed by atoms with E-state index in [9.17, 15) is 9.59 Å². The first-order valence-corrected chi connectivity index (χ1v) is 19.2. The summed E-state index contributed by atoms with van der Waals surface area (Å²) in [5.74, 6) is 2.77. The number of allylic oxidation sites excluding steroid dienone is 6. The molecule has 4 aliphatic carbocycles. The lowest BCUT2D eigenvalue weighted by atomic mass is 9.77. The molecule has 4 aliphatic rings. The van der Waals surface area contributed by atoms with Crippen LogP contribution in [0.3, 0.4) is 0 Å². The van der Waals surface area contributed by atoms with E-state index >= 15 is 0 Å². The number of hydrogen-bond acceptors (Lipinski definition) is 4. The average Bonchev–Trinajstić information content (AvgIpc) is 3.12. The molecule has 6 rings (SSSR count). The number of ketones is 2. The molecule has 0 unspecified atom stereocenters. The minimum atomic E-state index is -0.149. The molecule has 48 heavy (non-hydrogen) atoms. The summed E-state index contributed by atoms with van der Waals surface area (Å²) in [6.07, 6.45) is 28.0. The predicted molar refractivity (Wildman–Crippen MR) is 200 cm³/mol. The van der Waals surface area contributed by atoms with E-state index in [1.807, 2.05) is 0 Å². The Labute approximate surface area is 289 Å². The number of nitrogens with one attached hydrogen (secondary N) is 2. The zero-order valence-corrected chi connectivity index (χ0v) is 29.4. The Bertz CT molecular complexity index is 1410. The van der Waals surface area contributed by atoms with Crippen molar-refractivity contribution in [2.75, 3.05) is 10.6 Å². The lowest BCUT2D eigenvalue weighted by Gasteiger charge is -2.29. The van der Waals surface area contributed by atoms with Crippen LogP contribution >= 0.6 is 0 Å². The van der Waals surface area contributed by atoms with Crippen LogP contribution in [0.1, 0.15) is 140 Å². The van der Waals surface area contributed by atoms with E-state index in [1.165, 1.54) is 114 Å². The number of rotatable bonds is 14. The van der Waals surface area contributed by atoms with Gasteiger partial charge in [-0.3, -0.25) is 9.59 Å². The molecule has 0 atom stereocenters. The Morgan fingerprint density at radius 1 is 0.500 bits per heavy atom. The van der Waals surface area contributed by atoms with E-state index in [-0.39, 0.29) is 11.6 Å². The molecular formula is C44H56N2O2. The van der Waals surface area contributed by atoms with Crippen molar-refractivity contribution in [1.82, 2.24) is 0 Å². The van der Waals surface area contributed by atoms with Crippen LogP contribution in [0.4, 0.5) is 11.4 Å². The second kappa shape index (κ2) is 16.6. The summed E-state index contributed by atoms with van der Waals surface area (Å²) < 4.78 is 0. The van der Waals surface area contributed by atoms with Gasteiger partial charge in [-0.05, 0) is 135 Å². The highest BCUT2D eigenvalue weighted by atomic mass is 16.1. The highest BCUT2D eigenvalue weighted by molar-refractivity contribution is 6.23. The number of carbonyl (C=O) groups excluding carboxylic acids is 2. The first-order chi connectivity index (χ1) is 23.5. The molecule has 0 aromatic heterocycles. The summed E-state index contributed by atoms with van der Waals surface area (Å²) in [6, 6.07) is 17.4. The van der Waals surface area contributed by atoms with Crippen molar-refractivity contribution in [3.05, 3.63) is 107 Å². The molecule has 0 radical (unpaired) electrons. The summed E-state index contributed by atoms with van der Waals surface area (Å²) in [5.41, 5.74) is 6.87. The van der Waals surface area contributed by atoms with Crippen molar-refractivity contribution in [2.24, 2.45) is 11.8 Å². The topological polar surface area (TPSA) is 58.2 Å². The second-order valence-corrected chi connectivity index (χ2v) is 14.9. The van der Waals surface area contributed by atoms with Crippen LogP contribution in [0, 0.1) is 11.8 Å². The van der Waals surface area contributed by atoms with Gasteiger partial charge in [0.25, 0.3) is 0 Å². The predicted octanol–water partition coefficient (Wildman–Crippen LogP) is 11.7. The maximum Gasteiger partial charge on any atom is 0.188 e. The van der Waals surface area contributed by atoms with Crippen LogP contribution in [-0.4, -0.2) is 11.6 Å². The van der Waals surface area contributed by atoms with Gasteiger partial charge in [-0.15, -0.1) is 0 Å². The largest absolute Gasteiger partial charge is 0.355 e. The molecule has 2 aromatic rings. The van der Waals surface area contributed by atoms with Crippen LogP contribution in [0.25, 0.3) is 0 Å². The smallest absolute Gasteiger partial charge is 0.188 e. The fraction of sp³-hybridized carbons (Fsp3) is 0.500. The lowest BCUT2D eigenvalue weighted by Crippen LogP contribution is -2.24. The van der Waals surface area contributed by atoms with Crippen LogP contribution < -0.4 is 10.6 Å². The van der Waals surface area contributed by atoms with Crippen molar-refractivity contribution in [1.29, 1.82) is 0 Å². The van der Waals surface area contributed by atoms with Crippen molar-refractivity contribution in [3.8, 4) is 0 Å². The van der Waals surface area contributed by atoms with Gasteiger partial charge in [-0.25, -0.2) is 0 Å². The lowest BCUT2D eigenvalue weighted by molar-refractivity contribution is -0.114. The van der Waals surface area contributed by atoms with E-state index in [4.69, 9.17) is 0 Å². The Morgan fingerprint density at radius 3 is 1.23 bits per heavy atom. The highest BCUT2D eigenvalue weighted by Crippen LogP contribution is 2.40. The number of carbonyl (C=O) groups is 2. The van der Waals surface area contributed by atoms with Gasteiger partial charge in [-0.1, -0.05) is 89.5 Å². The minimum absolute atomic E-state index is 0.149. The Kier molecular flexibility index (Phi) is 11.9. The van der Waals surface area contributed by atoms with Crippen LogP contribution in [0.5, 0.6) is 0 Å². The average molecular weight is 645 g/mol. The van der Waals surface area contributed by atoms with Gasteiger partial charge < -0.3 is 10.6 Å². The molecule has 2 saturated carbocycles. The van der Waals surface area contributed by atoms with Crippen molar-refractivity contribution < 1.29 is 9.59 Å². The first-order valence-electron chi connectivity index (χ1n) is 19.2. The molecule has 0 heterocycles. The normalized spacial score (nSPS) is 24.2. The molecule has 0 spiro atoms. The fourth-order valence-corrected chi connectivity index (χ4v) is 8.56. The maximum atomic E-state index is 13.2. The van der Waals surface area contributed by atoms with Gasteiger partial charge in [0.2, 0.25) is 0 Å². The number of hydrogen-bond donors (Lipinski definition) is 2. The summed E-state index contributed by atoms with van der Waals surface area (Å²) >= 11 is 0. The molecular weight excluding hydrogens is 588 g/mol. The van der Waals surface area contributed by atoms with Crippen molar-refractivity contribution >= 4 is 22.9 Å². The Balaban J connectivity index is 1.09. The molecule has 4 nitrogen and oxygen atoms in total. The number of anilines is 2. The molecule has 0 amide bonds. The van der Waals surface area contributed by atoms with Gasteiger partial charge in [0, 0.05) is 11.4 Å². The number of unbranched alkanes of at least 4 members (excludes halogenated alkanes) is 4. The molecule has 254 valence electrons. The summed E-state index contributed by atoms with van der Waals surface area (Å²) in [7, 11) is 0. The van der Waals surface area contributed by atoms with Crippen LogP contribution in [0.15, 0.2) is 95.4 Å². The minimum Gasteiger partial charge on any atom is -0.355 e. The number of fused-ring (bicyclic) bond motifs is 1. The summed E-state index contributed by atoms with van der Waals surface area (Å²) in [5, 5.41) is 6.93. The van der Waals surface area contributed by atoms with E-state index in [1.54, 1.807) is 24.3 Å². The fourth-order valence-electron chi connectivity index (χ4n) is 8.56. The van der Waals surface area contributed by atoms with Gasteiger partial charge in [-0.2, -0.15) is 0 Å². The molecule has 2 N–H and O–H groups in total. The molecule has 0 aliphatic heterocycles. The quantitative estimate of drug-likeness (QED) is 0.201. The third kappa shape index (κ3) is 8.49. The van der Waals surface area contributed by atoms with Crippen molar-refractivity contribution in [3.63, 3.8) is 0 Å². The summed E-state index contributed by atoms with van der Waals surface area (Å²) in [4.78, 5) is 26.5. The van der Waals surface area contributed by atoms with Gasteiger partial charge in [0.05, 0.1) is 22.5 Å². The third-order valence-corrected chi connectivity index (χ3v) is 11.5. The van der Waals surface area contributed by atoms with Crippen molar-refractivity contribution in [2.45, 2.75) is 128 Å². The van der Waals surface area contributed by atoms with Crippen LogP contribution in [0.2, 0.25) is 0 Å². The first kappa shape index (κ1) is 34.2. The Hall–Kier alpha value is -3.66. The maximum absolute atomic E-state index is 13.2. The molecule has 2 aromatic carbocycles. The molecule has 2 fully saturated rings. The highest BCUT2D eigenvalue weighted by Gasteiger charge is 2.31. The molecule has 0 saturated heterocycles. The van der Waals surface area contributed by atoms with E-state index in [2.05, 4.69) is 73.0 Å². The SMILES string of the molecule is CCCCC[C@H]1CC[C@H](c2ccc(NC3=C4C(=O)C=CC(Nc5ccc([C@H]6CC[C@H](CCCCC)CC6)cc5)=C4C(=O)C=C3)cc2)CC1. The van der Waals surface area contributed by atoms with E-state index in [0.29, 0.717) is 34.4 Å². The zero-order chi connectivity index (χ0) is 33.3. The van der Waals surface area contributed by atoms with E-state index < -0.39 is 0 Å². The van der Waals surface area contributed by atoms with Gasteiger partial charge >= 0.3 is 0 Å². The van der Waals surface area contributed by atoms with Gasteiger partial charge in [0.15, 0.2) is 11.6 Å². The van der Waals surface area contributed by atoms with Crippen LogP contribution in [-0.2, 0) is 9.59 Å².